The highest BCUT2D eigenvalue weighted by molar-refractivity contribution is 8.71. The molecule has 0 saturated carbocycles. The van der Waals surface area contributed by atoms with Gasteiger partial charge < -0.3 is 10.0 Å². The number of hydrogen-bond donors (Lipinski definition) is 1. The van der Waals surface area contributed by atoms with E-state index in [1.54, 1.807) is 57.7 Å². The molecule has 3 rings (SSSR count). The first-order valence-electron chi connectivity index (χ1n) is 8.75. The van der Waals surface area contributed by atoms with Gasteiger partial charge in [0.15, 0.2) is 6.10 Å². The van der Waals surface area contributed by atoms with Gasteiger partial charge in [-0.3, -0.25) is 4.79 Å². The Hall–Kier alpha value is -1.58. The van der Waals surface area contributed by atoms with E-state index >= 15 is 0 Å². The van der Waals surface area contributed by atoms with Gasteiger partial charge in [-0.15, -0.1) is 0 Å². The molecule has 9 heteroatoms. The molecule has 28 heavy (non-hydrogen) atoms. The van der Waals surface area contributed by atoms with Crippen LogP contribution in [0.25, 0.3) is 0 Å². The van der Waals surface area contributed by atoms with Crippen molar-refractivity contribution in [1.29, 1.82) is 0 Å². The fourth-order valence-corrected chi connectivity index (χ4v) is 6.08. The fraction of sp³-hybridized carbons (Fsp3) is 0.316. The molecule has 6 nitrogen and oxygen atoms in total. The Balaban J connectivity index is 1.58. The second-order valence-corrected chi connectivity index (χ2v) is 10.8. The molecule has 1 heterocycles. The van der Waals surface area contributed by atoms with Crippen molar-refractivity contribution in [3.8, 4) is 0 Å². The van der Waals surface area contributed by atoms with Crippen LogP contribution in [0.4, 0.5) is 0 Å². The third-order valence-corrected chi connectivity index (χ3v) is 8.12. The number of amides is 1. The zero-order valence-electron chi connectivity index (χ0n) is 15.3. The molecular weight excluding hydrogens is 420 g/mol. The minimum atomic E-state index is -3.50. The zero-order chi connectivity index (χ0) is 20.3. The Morgan fingerprint density at radius 1 is 1.11 bits per heavy atom. The normalized spacial score (nSPS) is 16.8. The van der Waals surface area contributed by atoms with E-state index in [0.29, 0.717) is 36.8 Å². The number of carbonyl (C=O) groups excluding carboxylic acids is 1. The summed E-state index contributed by atoms with van der Waals surface area (Å²) in [4.78, 5) is 14.3. The third kappa shape index (κ3) is 5.07. The molecule has 1 unspecified atom stereocenters. The maximum absolute atomic E-state index is 12.5. The summed E-state index contributed by atoms with van der Waals surface area (Å²) < 4.78 is 26.8. The maximum Gasteiger partial charge on any atom is 0.256 e. The van der Waals surface area contributed by atoms with E-state index in [1.807, 2.05) is 6.92 Å². The molecule has 1 N–H and O–H groups in total. The number of halogens is 1. The van der Waals surface area contributed by atoms with Gasteiger partial charge in [0, 0.05) is 31.2 Å². The Bertz CT molecular complexity index is 943. The van der Waals surface area contributed by atoms with Crippen molar-refractivity contribution >= 4 is 37.4 Å². The molecule has 1 fully saturated rings. The van der Waals surface area contributed by atoms with Crippen molar-refractivity contribution < 1.29 is 18.3 Å². The van der Waals surface area contributed by atoms with Gasteiger partial charge in [-0.25, -0.2) is 12.7 Å². The van der Waals surface area contributed by atoms with Crippen molar-refractivity contribution in [3.05, 3.63) is 64.7 Å². The molecule has 1 aliphatic rings. The van der Waals surface area contributed by atoms with Gasteiger partial charge >= 0.3 is 0 Å². The van der Waals surface area contributed by atoms with Crippen molar-refractivity contribution in [2.24, 2.45) is 0 Å². The minimum absolute atomic E-state index is 0.262. The van der Waals surface area contributed by atoms with Gasteiger partial charge in [0.05, 0.1) is 15.9 Å². The van der Waals surface area contributed by atoms with Gasteiger partial charge in [-0.05, 0) is 36.8 Å². The first-order valence-corrected chi connectivity index (χ1v) is 11.9. The SMILES string of the molecule is Cc1ccc(S(=O)(=O)SN2CCN(C(=O)C(O)c3cccc(Cl)c3)CC2)cc1. The topological polar surface area (TPSA) is 77.9 Å². The lowest BCUT2D eigenvalue weighted by Gasteiger charge is -2.34. The standard InChI is InChI=1S/C19H21ClN2O4S2/c1-14-5-7-17(8-6-14)28(25,26)27-22-11-9-21(10-12-22)19(24)18(23)15-3-2-4-16(20)13-15/h2-8,13,18,23H,9-12H2,1H3. The summed E-state index contributed by atoms with van der Waals surface area (Å²) in [5.41, 5.74) is 1.44. The molecule has 2 aromatic carbocycles. The van der Waals surface area contributed by atoms with Crippen LogP contribution in [0, 0.1) is 6.92 Å². The number of piperazine rings is 1. The van der Waals surface area contributed by atoms with Crippen LogP contribution in [-0.2, 0) is 13.7 Å². The quantitative estimate of drug-likeness (QED) is 0.569. The van der Waals surface area contributed by atoms with Crippen LogP contribution in [0.5, 0.6) is 0 Å². The highest BCUT2D eigenvalue weighted by Crippen LogP contribution is 2.28. The maximum atomic E-state index is 12.5. The molecule has 0 radical (unpaired) electrons. The smallest absolute Gasteiger partial charge is 0.256 e. The van der Waals surface area contributed by atoms with E-state index in [-0.39, 0.29) is 4.90 Å². The highest BCUT2D eigenvalue weighted by atomic mass is 35.5. The number of carbonyl (C=O) groups is 1. The summed E-state index contributed by atoms with van der Waals surface area (Å²) in [6, 6.07) is 13.3. The Morgan fingerprint density at radius 2 is 1.75 bits per heavy atom. The Labute approximate surface area is 173 Å². The van der Waals surface area contributed by atoms with E-state index < -0.39 is 20.9 Å². The highest BCUT2D eigenvalue weighted by Gasteiger charge is 2.29. The number of benzene rings is 2. The molecule has 1 amide bonds. The fourth-order valence-electron chi connectivity index (χ4n) is 2.86. The summed E-state index contributed by atoms with van der Waals surface area (Å²) in [5.74, 6) is -0.409. The van der Waals surface area contributed by atoms with Gasteiger partial charge in [0.2, 0.25) is 8.87 Å². The number of aliphatic hydroxyl groups excluding tert-OH is 1. The van der Waals surface area contributed by atoms with Crippen LogP contribution >= 0.6 is 22.6 Å². The molecule has 1 saturated heterocycles. The van der Waals surface area contributed by atoms with Crippen LogP contribution in [0.15, 0.2) is 53.4 Å². The summed E-state index contributed by atoms with van der Waals surface area (Å²) in [7, 11) is -2.71. The second-order valence-electron chi connectivity index (χ2n) is 6.55. The van der Waals surface area contributed by atoms with E-state index in [1.165, 1.54) is 0 Å². The van der Waals surface area contributed by atoms with Crippen molar-refractivity contribution in [2.75, 3.05) is 26.2 Å². The molecular formula is C19H21ClN2O4S2. The number of aryl methyl sites for hydroxylation is 1. The summed E-state index contributed by atoms with van der Waals surface area (Å²) in [5, 5.41) is 10.8. The number of hydrogen-bond acceptors (Lipinski definition) is 6. The minimum Gasteiger partial charge on any atom is -0.378 e. The van der Waals surface area contributed by atoms with Crippen molar-refractivity contribution in [2.45, 2.75) is 17.9 Å². The zero-order valence-corrected chi connectivity index (χ0v) is 17.7. The van der Waals surface area contributed by atoms with Crippen LogP contribution in [0.3, 0.4) is 0 Å². The first kappa shape index (κ1) is 21.1. The van der Waals surface area contributed by atoms with Crippen LogP contribution in [0.1, 0.15) is 17.2 Å². The average molecular weight is 441 g/mol. The van der Waals surface area contributed by atoms with Gasteiger partial charge in [0.25, 0.3) is 5.91 Å². The van der Waals surface area contributed by atoms with E-state index in [2.05, 4.69) is 0 Å². The number of aliphatic hydroxyl groups is 1. The van der Waals surface area contributed by atoms with Crippen molar-refractivity contribution in [3.63, 3.8) is 0 Å². The van der Waals surface area contributed by atoms with E-state index in [0.717, 1.165) is 16.5 Å². The predicted octanol–water partition coefficient (Wildman–Crippen LogP) is 2.86. The average Bonchev–Trinajstić information content (AvgIpc) is 2.67. The lowest BCUT2D eigenvalue weighted by molar-refractivity contribution is -0.141. The van der Waals surface area contributed by atoms with Crippen LogP contribution in [-0.4, -0.2) is 54.8 Å². The molecule has 0 spiro atoms. The lowest BCUT2D eigenvalue weighted by atomic mass is 10.1. The summed E-state index contributed by atoms with van der Waals surface area (Å²) in [6.45, 7) is 3.37. The molecule has 150 valence electrons. The third-order valence-electron chi connectivity index (χ3n) is 4.46. The Morgan fingerprint density at radius 3 is 2.36 bits per heavy atom. The van der Waals surface area contributed by atoms with Gasteiger partial charge in [-0.1, -0.05) is 41.4 Å². The van der Waals surface area contributed by atoms with Gasteiger partial charge in [0.1, 0.15) is 0 Å². The number of nitrogens with zero attached hydrogens (tertiary/aromatic N) is 2. The van der Waals surface area contributed by atoms with Gasteiger partial charge in [-0.2, -0.15) is 0 Å². The predicted molar refractivity (Wildman–Crippen MR) is 111 cm³/mol. The summed E-state index contributed by atoms with van der Waals surface area (Å²) >= 11 is 5.92. The van der Waals surface area contributed by atoms with E-state index in [4.69, 9.17) is 11.6 Å². The van der Waals surface area contributed by atoms with Crippen LogP contribution < -0.4 is 0 Å². The monoisotopic (exact) mass is 440 g/mol. The second kappa shape index (κ2) is 8.84. The first-order chi connectivity index (χ1) is 13.3. The Kier molecular flexibility index (Phi) is 6.67. The van der Waals surface area contributed by atoms with Crippen molar-refractivity contribution in [1.82, 2.24) is 9.21 Å². The lowest BCUT2D eigenvalue weighted by Crippen LogP contribution is -2.48. The molecule has 1 aliphatic heterocycles. The largest absolute Gasteiger partial charge is 0.378 e. The summed E-state index contributed by atoms with van der Waals surface area (Å²) in [6.07, 6.45) is -1.28. The van der Waals surface area contributed by atoms with E-state index in [9.17, 15) is 18.3 Å². The molecule has 2 aromatic rings. The van der Waals surface area contributed by atoms with Crippen LogP contribution in [0.2, 0.25) is 5.02 Å². The molecule has 0 aromatic heterocycles. The molecule has 0 bridgehead atoms. The molecule has 1 atom stereocenters. The number of rotatable bonds is 5. The molecule has 0 aliphatic carbocycles.